The van der Waals surface area contributed by atoms with Gasteiger partial charge in [0.25, 0.3) is 0 Å². The summed E-state index contributed by atoms with van der Waals surface area (Å²) in [4.78, 5) is 2.69. The molecule has 2 heterocycles. The maximum absolute atomic E-state index is 4.67. The van der Waals surface area contributed by atoms with Crippen LogP contribution in [0.2, 0.25) is 0 Å². The predicted octanol–water partition coefficient (Wildman–Crippen LogP) is 4.00. The van der Waals surface area contributed by atoms with E-state index in [1.54, 1.807) is 0 Å². The number of likely N-dealkylation sites (tertiary alicyclic amines) is 1. The summed E-state index contributed by atoms with van der Waals surface area (Å²) in [5.41, 5.74) is 1.20. The summed E-state index contributed by atoms with van der Waals surface area (Å²) >= 11 is 0. The lowest BCUT2D eigenvalue weighted by Crippen LogP contribution is -2.65. The van der Waals surface area contributed by atoms with Crippen LogP contribution in [-0.4, -0.2) is 29.7 Å². The molecule has 0 N–H and O–H groups in total. The highest BCUT2D eigenvalue weighted by molar-refractivity contribution is 5.49. The molecule has 0 aromatic heterocycles. The summed E-state index contributed by atoms with van der Waals surface area (Å²) in [5, 5.41) is 11.5. The minimum Gasteiger partial charge on any atom is -0.277 e. The lowest BCUT2D eigenvalue weighted by Gasteiger charge is -2.51. The van der Waals surface area contributed by atoms with E-state index in [0.717, 1.165) is 0 Å². The Kier molecular flexibility index (Phi) is 3.42. The van der Waals surface area contributed by atoms with Crippen LogP contribution in [0.25, 0.3) is 0 Å². The molecule has 2 aliphatic heterocycles. The maximum atomic E-state index is 4.67. The first-order valence-electron chi connectivity index (χ1n) is 8.42. The third kappa shape index (κ3) is 2.08. The van der Waals surface area contributed by atoms with E-state index in [-0.39, 0.29) is 5.66 Å². The van der Waals surface area contributed by atoms with Gasteiger partial charge in [0.05, 0.1) is 5.69 Å². The van der Waals surface area contributed by atoms with Gasteiger partial charge in [0.1, 0.15) is 11.7 Å². The molecule has 2 fully saturated rings. The molecule has 0 radical (unpaired) electrons. The van der Waals surface area contributed by atoms with E-state index in [1.165, 1.54) is 63.7 Å². The molecule has 1 aliphatic carbocycles. The molecule has 4 nitrogen and oxygen atoms in total. The highest BCUT2D eigenvalue weighted by atomic mass is 15.7. The van der Waals surface area contributed by atoms with Gasteiger partial charge in [-0.05, 0) is 44.2 Å². The van der Waals surface area contributed by atoms with E-state index in [2.05, 4.69) is 50.6 Å². The number of fused-ring (bicyclic) bond motifs is 1. The Hall–Kier alpha value is -1.42. The average molecular weight is 284 g/mol. The zero-order valence-electron chi connectivity index (χ0n) is 12.6. The number of nitrogens with zero attached hydrogens (tertiary/aromatic N) is 4. The summed E-state index contributed by atoms with van der Waals surface area (Å²) in [6, 6.07) is 11.0. The Morgan fingerprint density at radius 3 is 2.57 bits per heavy atom. The first-order valence-corrected chi connectivity index (χ1v) is 8.42. The molecular formula is C17H24N4. The second-order valence-electron chi connectivity index (χ2n) is 6.54. The van der Waals surface area contributed by atoms with Gasteiger partial charge < -0.3 is 0 Å². The monoisotopic (exact) mass is 284 g/mol. The SMILES string of the molecule is c1ccc(N2N=N[C@@H]3CCCC[C@@]32N2CCCCC2)cc1. The first-order chi connectivity index (χ1) is 10.4. The van der Waals surface area contributed by atoms with Crippen molar-refractivity contribution in [3.8, 4) is 0 Å². The van der Waals surface area contributed by atoms with Crippen LogP contribution in [0.3, 0.4) is 0 Å². The van der Waals surface area contributed by atoms with Crippen LogP contribution < -0.4 is 5.01 Å². The molecular weight excluding hydrogens is 260 g/mol. The number of hydrogen-bond donors (Lipinski definition) is 0. The Labute approximate surface area is 126 Å². The third-order valence-corrected chi connectivity index (χ3v) is 5.36. The fourth-order valence-corrected chi connectivity index (χ4v) is 4.34. The zero-order chi connectivity index (χ0) is 14.1. The van der Waals surface area contributed by atoms with Crippen molar-refractivity contribution in [1.29, 1.82) is 0 Å². The van der Waals surface area contributed by atoms with Gasteiger partial charge in [-0.2, -0.15) is 5.11 Å². The smallest absolute Gasteiger partial charge is 0.141 e. The molecule has 1 saturated carbocycles. The molecule has 0 bridgehead atoms. The molecule has 0 amide bonds. The molecule has 0 unspecified atom stereocenters. The van der Waals surface area contributed by atoms with Crippen molar-refractivity contribution in [2.75, 3.05) is 18.1 Å². The molecule has 1 aromatic rings. The minimum absolute atomic E-state index is 0.0139. The number of hydrogen-bond acceptors (Lipinski definition) is 4. The van der Waals surface area contributed by atoms with Crippen molar-refractivity contribution in [2.24, 2.45) is 10.3 Å². The van der Waals surface area contributed by atoms with Crippen LogP contribution in [0.15, 0.2) is 40.7 Å². The van der Waals surface area contributed by atoms with Gasteiger partial charge in [-0.3, -0.25) is 4.90 Å². The van der Waals surface area contributed by atoms with Gasteiger partial charge in [0.15, 0.2) is 0 Å². The molecule has 1 aromatic carbocycles. The van der Waals surface area contributed by atoms with Crippen LogP contribution in [0.1, 0.15) is 44.9 Å². The molecule has 112 valence electrons. The van der Waals surface area contributed by atoms with Gasteiger partial charge in [-0.1, -0.05) is 36.3 Å². The highest BCUT2D eigenvalue weighted by Crippen LogP contribution is 2.46. The fourth-order valence-electron chi connectivity index (χ4n) is 4.34. The molecule has 0 spiro atoms. The quantitative estimate of drug-likeness (QED) is 0.822. The van der Waals surface area contributed by atoms with Crippen LogP contribution in [-0.2, 0) is 0 Å². The Balaban J connectivity index is 1.73. The van der Waals surface area contributed by atoms with Gasteiger partial charge in [-0.25, -0.2) is 5.01 Å². The second-order valence-corrected chi connectivity index (χ2v) is 6.54. The highest BCUT2D eigenvalue weighted by Gasteiger charge is 2.54. The van der Waals surface area contributed by atoms with Crippen molar-refractivity contribution < 1.29 is 0 Å². The first kappa shape index (κ1) is 13.3. The van der Waals surface area contributed by atoms with Crippen molar-refractivity contribution in [2.45, 2.75) is 56.7 Å². The summed E-state index contributed by atoms with van der Waals surface area (Å²) in [6.45, 7) is 2.40. The van der Waals surface area contributed by atoms with E-state index in [0.29, 0.717) is 6.04 Å². The van der Waals surface area contributed by atoms with Crippen molar-refractivity contribution in [3.63, 3.8) is 0 Å². The van der Waals surface area contributed by atoms with E-state index in [9.17, 15) is 0 Å². The largest absolute Gasteiger partial charge is 0.277 e. The number of rotatable bonds is 2. The van der Waals surface area contributed by atoms with E-state index in [4.69, 9.17) is 0 Å². The Bertz CT molecular complexity index is 509. The van der Waals surface area contributed by atoms with Gasteiger partial charge >= 0.3 is 0 Å². The second kappa shape index (κ2) is 5.41. The number of anilines is 1. The van der Waals surface area contributed by atoms with Gasteiger partial charge in [0, 0.05) is 13.1 Å². The van der Waals surface area contributed by atoms with E-state index in [1.807, 2.05) is 0 Å². The Morgan fingerprint density at radius 1 is 0.952 bits per heavy atom. The predicted molar refractivity (Wildman–Crippen MR) is 84.2 cm³/mol. The molecule has 3 aliphatic rings. The van der Waals surface area contributed by atoms with Gasteiger partial charge in [-0.15, -0.1) is 0 Å². The van der Waals surface area contributed by atoms with Crippen LogP contribution >= 0.6 is 0 Å². The summed E-state index contributed by atoms with van der Waals surface area (Å²) in [7, 11) is 0. The molecule has 21 heavy (non-hydrogen) atoms. The van der Waals surface area contributed by atoms with Crippen molar-refractivity contribution in [1.82, 2.24) is 4.90 Å². The number of benzene rings is 1. The summed E-state index contributed by atoms with van der Waals surface area (Å²) < 4.78 is 0. The zero-order valence-corrected chi connectivity index (χ0v) is 12.6. The number of piperidine rings is 1. The van der Waals surface area contributed by atoms with Crippen LogP contribution in [0, 0.1) is 0 Å². The lowest BCUT2D eigenvalue weighted by atomic mass is 9.81. The third-order valence-electron chi connectivity index (χ3n) is 5.36. The topological polar surface area (TPSA) is 31.2 Å². The fraction of sp³-hybridized carbons (Fsp3) is 0.647. The molecule has 4 rings (SSSR count). The summed E-state index contributed by atoms with van der Waals surface area (Å²) in [6.07, 6.45) is 8.97. The van der Waals surface area contributed by atoms with Crippen LogP contribution in [0.4, 0.5) is 5.69 Å². The average Bonchev–Trinajstić information content (AvgIpc) is 2.97. The molecule has 4 heteroatoms. The van der Waals surface area contributed by atoms with Crippen molar-refractivity contribution >= 4 is 5.69 Å². The van der Waals surface area contributed by atoms with E-state index >= 15 is 0 Å². The summed E-state index contributed by atoms with van der Waals surface area (Å²) in [5.74, 6) is 0. The normalized spacial score (nSPS) is 33.1. The maximum Gasteiger partial charge on any atom is 0.141 e. The van der Waals surface area contributed by atoms with Crippen molar-refractivity contribution in [3.05, 3.63) is 30.3 Å². The Morgan fingerprint density at radius 2 is 1.76 bits per heavy atom. The minimum atomic E-state index is 0.0139. The molecule has 2 atom stereocenters. The standard InChI is InChI=1S/C17H24N4/c1-3-9-15(10-4-1)21-17(20-13-7-2-8-14-20)12-6-5-11-16(17)18-19-21/h1,3-4,9-10,16H,2,5-8,11-14H2/t16-,17+/m1/s1. The van der Waals surface area contributed by atoms with E-state index < -0.39 is 0 Å². The lowest BCUT2D eigenvalue weighted by molar-refractivity contribution is 0.0296. The van der Waals surface area contributed by atoms with Gasteiger partial charge in [0.2, 0.25) is 0 Å². The van der Waals surface area contributed by atoms with Crippen LogP contribution in [0.5, 0.6) is 0 Å². The number of para-hydroxylation sites is 1. The molecule has 1 saturated heterocycles.